The van der Waals surface area contributed by atoms with Crippen molar-refractivity contribution in [3.8, 4) is 0 Å². The molecule has 1 saturated carbocycles. The van der Waals surface area contributed by atoms with Crippen molar-refractivity contribution in [2.75, 3.05) is 0 Å². The fourth-order valence-electron chi connectivity index (χ4n) is 2.70. The summed E-state index contributed by atoms with van der Waals surface area (Å²) < 4.78 is 0. The van der Waals surface area contributed by atoms with Crippen molar-refractivity contribution in [1.82, 2.24) is 5.32 Å². The summed E-state index contributed by atoms with van der Waals surface area (Å²) in [6.07, 6.45) is 8.32. The molecule has 4 nitrogen and oxygen atoms in total. The van der Waals surface area contributed by atoms with Crippen LogP contribution in [0.2, 0.25) is 0 Å². The quantitative estimate of drug-likeness (QED) is 0.818. The average molecular weight is 307 g/mol. The lowest BCUT2D eigenvalue weighted by atomic mass is 9.84. The molecule has 0 saturated heterocycles. The number of aliphatic carboxylic acids is 1. The number of thiophene rings is 1. The van der Waals surface area contributed by atoms with Crippen molar-refractivity contribution < 1.29 is 14.7 Å². The van der Waals surface area contributed by atoms with Gasteiger partial charge in [-0.25, -0.2) is 4.79 Å². The number of rotatable bonds is 5. The van der Waals surface area contributed by atoms with Crippen molar-refractivity contribution in [2.45, 2.75) is 45.1 Å². The zero-order chi connectivity index (χ0) is 15.2. The molecule has 1 fully saturated rings. The molecule has 1 aromatic rings. The Hall–Kier alpha value is -1.62. The number of carbonyl (C=O) groups is 2. The molecule has 21 heavy (non-hydrogen) atoms. The Balaban J connectivity index is 1.88. The monoisotopic (exact) mass is 307 g/mol. The van der Waals surface area contributed by atoms with E-state index in [0.29, 0.717) is 5.56 Å². The van der Waals surface area contributed by atoms with Crippen LogP contribution in [0, 0.1) is 5.92 Å². The Morgan fingerprint density at radius 3 is 2.71 bits per heavy atom. The SMILES string of the molecule is CCC1CCC(NC(=O)c2csc(C=CC(=O)O)c2)CC1. The Morgan fingerprint density at radius 1 is 1.38 bits per heavy atom. The Labute approximate surface area is 128 Å². The maximum atomic E-state index is 12.2. The lowest BCUT2D eigenvalue weighted by molar-refractivity contribution is -0.131. The van der Waals surface area contributed by atoms with E-state index in [4.69, 9.17) is 5.11 Å². The standard InChI is InChI=1S/C16H21NO3S/c1-2-11-3-5-13(6-4-11)17-16(20)12-9-14(21-10-12)7-8-15(18)19/h7-11,13H,2-6H2,1H3,(H,17,20)(H,18,19). The minimum Gasteiger partial charge on any atom is -0.478 e. The van der Waals surface area contributed by atoms with Gasteiger partial charge in [0.2, 0.25) is 0 Å². The maximum Gasteiger partial charge on any atom is 0.328 e. The molecular formula is C16H21NO3S. The van der Waals surface area contributed by atoms with Crippen molar-refractivity contribution in [3.05, 3.63) is 28.0 Å². The van der Waals surface area contributed by atoms with Gasteiger partial charge in [-0.15, -0.1) is 11.3 Å². The molecule has 1 aliphatic carbocycles. The smallest absolute Gasteiger partial charge is 0.328 e. The van der Waals surface area contributed by atoms with Gasteiger partial charge in [0.1, 0.15) is 0 Å². The first-order chi connectivity index (χ1) is 10.1. The molecule has 0 spiro atoms. The van der Waals surface area contributed by atoms with E-state index in [9.17, 15) is 9.59 Å². The summed E-state index contributed by atoms with van der Waals surface area (Å²) in [5.74, 6) is -0.227. The average Bonchev–Trinajstić information content (AvgIpc) is 2.95. The van der Waals surface area contributed by atoms with Gasteiger partial charge in [0.05, 0.1) is 5.56 Å². The van der Waals surface area contributed by atoms with Gasteiger partial charge in [0.25, 0.3) is 5.91 Å². The molecule has 0 radical (unpaired) electrons. The van der Waals surface area contributed by atoms with Crippen LogP contribution in [0.1, 0.15) is 54.3 Å². The minimum absolute atomic E-state index is 0.0545. The second-order valence-corrected chi connectivity index (χ2v) is 6.45. The van der Waals surface area contributed by atoms with Crippen LogP contribution in [0.25, 0.3) is 6.08 Å². The number of hydrogen-bond acceptors (Lipinski definition) is 3. The van der Waals surface area contributed by atoms with E-state index in [-0.39, 0.29) is 11.9 Å². The van der Waals surface area contributed by atoms with Crippen LogP contribution < -0.4 is 5.32 Å². The van der Waals surface area contributed by atoms with Crippen LogP contribution in [0.4, 0.5) is 0 Å². The second kappa shape index (κ2) is 7.41. The number of hydrogen-bond donors (Lipinski definition) is 2. The first-order valence-corrected chi connectivity index (χ1v) is 8.27. The number of carboxylic acid groups (broad SMARTS) is 1. The van der Waals surface area contributed by atoms with E-state index in [1.807, 2.05) is 0 Å². The van der Waals surface area contributed by atoms with Crippen LogP contribution in [0.3, 0.4) is 0 Å². The summed E-state index contributed by atoms with van der Waals surface area (Å²) in [4.78, 5) is 23.4. The van der Waals surface area contributed by atoms with Gasteiger partial charge in [-0.3, -0.25) is 4.79 Å². The fraction of sp³-hybridized carbons (Fsp3) is 0.500. The van der Waals surface area contributed by atoms with Crippen molar-refractivity contribution in [3.63, 3.8) is 0 Å². The number of amides is 1. The molecule has 114 valence electrons. The summed E-state index contributed by atoms with van der Waals surface area (Å²) in [6, 6.07) is 2.01. The molecule has 0 bridgehead atoms. The van der Waals surface area contributed by atoms with Crippen molar-refractivity contribution in [2.24, 2.45) is 5.92 Å². The molecule has 5 heteroatoms. The van der Waals surface area contributed by atoms with E-state index in [0.717, 1.165) is 29.7 Å². The molecule has 1 amide bonds. The highest BCUT2D eigenvalue weighted by Gasteiger charge is 2.21. The summed E-state index contributed by atoms with van der Waals surface area (Å²) in [5, 5.41) is 13.4. The molecule has 0 unspecified atom stereocenters. The number of carbonyl (C=O) groups excluding carboxylic acids is 1. The summed E-state index contributed by atoms with van der Waals surface area (Å²) in [7, 11) is 0. The Kier molecular flexibility index (Phi) is 5.56. The largest absolute Gasteiger partial charge is 0.478 e. The van der Waals surface area contributed by atoms with Crippen LogP contribution in [0.5, 0.6) is 0 Å². The lowest BCUT2D eigenvalue weighted by Crippen LogP contribution is -2.37. The highest BCUT2D eigenvalue weighted by atomic mass is 32.1. The van der Waals surface area contributed by atoms with Crippen LogP contribution >= 0.6 is 11.3 Å². The predicted molar refractivity (Wildman–Crippen MR) is 84.5 cm³/mol. The van der Waals surface area contributed by atoms with E-state index in [1.54, 1.807) is 11.4 Å². The highest BCUT2D eigenvalue weighted by molar-refractivity contribution is 7.11. The zero-order valence-corrected chi connectivity index (χ0v) is 13.0. The van der Waals surface area contributed by atoms with Gasteiger partial charge >= 0.3 is 5.97 Å². The molecule has 0 aliphatic heterocycles. The third-order valence-electron chi connectivity index (χ3n) is 4.03. The van der Waals surface area contributed by atoms with Crippen LogP contribution in [-0.2, 0) is 4.79 Å². The minimum atomic E-state index is -0.984. The number of nitrogens with one attached hydrogen (secondary N) is 1. The van der Waals surface area contributed by atoms with Crippen molar-refractivity contribution in [1.29, 1.82) is 0 Å². The first-order valence-electron chi connectivity index (χ1n) is 7.39. The molecule has 1 aliphatic rings. The van der Waals surface area contributed by atoms with Gasteiger partial charge in [-0.1, -0.05) is 13.3 Å². The van der Waals surface area contributed by atoms with Crippen LogP contribution in [0.15, 0.2) is 17.5 Å². The van der Waals surface area contributed by atoms with E-state index in [1.165, 1.54) is 36.7 Å². The zero-order valence-electron chi connectivity index (χ0n) is 12.2. The summed E-state index contributed by atoms with van der Waals surface area (Å²) in [6.45, 7) is 2.22. The molecule has 1 heterocycles. The third-order valence-corrected chi connectivity index (χ3v) is 4.93. The van der Waals surface area contributed by atoms with E-state index in [2.05, 4.69) is 12.2 Å². The molecule has 2 rings (SSSR count). The van der Waals surface area contributed by atoms with Crippen LogP contribution in [-0.4, -0.2) is 23.0 Å². The topological polar surface area (TPSA) is 66.4 Å². The molecule has 1 aromatic heterocycles. The predicted octanol–water partition coefficient (Wildman–Crippen LogP) is 3.54. The van der Waals surface area contributed by atoms with E-state index >= 15 is 0 Å². The Bertz CT molecular complexity index is 527. The van der Waals surface area contributed by atoms with Gasteiger partial charge in [-0.05, 0) is 43.7 Å². The molecule has 0 atom stereocenters. The summed E-state index contributed by atoms with van der Waals surface area (Å²) in [5.41, 5.74) is 0.614. The third kappa shape index (κ3) is 4.70. The first kappa shape index (κ1) is 15.8. The molecule has 0 aromatic carbocycles. The van der Waals surface area contributed by atoms with Gasteiger partial charge in [0, 0.05) is 22.4 Å². The molecule has 2 N–H and O–H groups in total. The van der Waals surface area contributed by atoms with Gasteiger partial charge in [0.15, 0.2) is 0 Å². The van der Waals surface area contributed by atoms with Gasteiger partial charge < -0.3 is 10.4 Å². The normalized spacial score (nSPS) is 22.3. The fourth-order valence-corrected chi connectivity index (χ4v) is 3.48. The lowest BCUT2D eigenvalue weighted by Gasteiger charge is -2.28. The Morgan fingerprint density at radius 2 is 2.10 bits per heavy atom. The maximum absolute atomic E-state index is 12.2. The molecular weight excluding hydrogens is 286 g/mol. The summed E-state index contributed by atoms with van der Waals surface area (Å²) >= 11 is 1.37. The van der Waals surface area contributed by atoms with Gasteiger partial charge in [-0.2, -0.15) is 0 Å². The second-order valence-electron chi connectivity index (χ2n) is 5.51. The number of carboxylic acids is 1. The highest BCUT2D eigenvalue weighted by Crippen LogP contribution is 2.26. The van der Waals surface area contributed by atoms with Crippen molar-refractivity contribution >= 4 is 29.3 Å². The van der Waals surface area contributed by atoms with E-state index < -0.39 is 5.97 Å².